The highest BCUT2D eigenvalue weighted by atomic mass is 19.3. The number of imidazole rings is 1. The summed E-state index contributed by atoms with van der Waals surface area (Å²) in [6.45, 7) is -3.00. The zero-order chi connectivity index (χ0) is 19.5. The van der Waals surface area contributed by atoms with Gasteiger partial charge in [0.05, 0.1) is 16.6 Å². The smallest absolute Gasteiger partial charge is 0.387 e. The molecule has 0 aliphatic heterocycles. The van der Waals surface area contributed by atoms with Crippen LogP contribution < -0.4 is 10.1 Å². The van der Waals surface area contributed by atoms with Gasteiger partial charge in [0, 0.05) is 11.4 Å². The summed E-state index contributed by atoms with van der Waals surface area (Å²) in [7, 11) is 0. The number of aromatic nitrogens is 2. The van der Waals surface area contributed by atoms with Gasteiger partial charge < -0.3 is 10.1 Å². The molecule has 28 heavy (non-hydrogen) atoms. The summed E-state index contributed by atoms with van der Waals surface area (Å²) in [5.41, 5.74) is 3.30. The van der Waals surface area contributed by atoms with Crippen molar-refractivity contribution in [3.63, 3.8) is 0 Å². The number of carbonyl (C=O) groups excluding carboxylic acids is 1. The number of carbonyl (C=O) groups is 1. The van der Waals surface area contributed by atoms with Crippen molar-refractivity contribution in [2.75, 3.05) is 5.32 Å². The Labute approximate surface area is 159 Å². The maximum absolute atomic E-state index is 12.5. The fraction of sp³-hybridized carbons (Fsp3) is 0.0476. The highest BCUT2D eigenvalue weighted by molar-refractivity contribution is 6.06. The van der Waals surface area contributed by atoms with Crippen LogP contribution in [0.2, 0.25) is 0 Å². The predicted molar refractivity (Wildman–Crippen MR) is 102 cm³/mol. The minimum atomic E-state index is -3.00. The zero-order valence-electron chi connectivity index (χ0n) is 14.5. The molecule has 1 heterocycles. The number of benzene rings is 3. The highest BCUT2D eigenvalue weighted by Crippen LogP contribution is 2.23. The van der Waals surface area contributed by atoms with E-state index in [1.807, 2.05) is 41.0 Å². The van der Waals surface area contributed by atoms with Crippen molar-refractivity contribution >= 4 is 22.6 Å². The second-order valence-electron chi connectivity index (χ2n) is 5.98. The lowest BCUT2D eigenvalue weighted by atomic mass is 10.2. The van der Waals surface area contributed by atoms with Gasteiger partial charge in [-0.05, 0) is 48.5 Å². The van der Waals surface area contributed by atoms with Gasteiger partial charge in [0.1, 0.15) is 12.1 Å². The van der Waals surface area contributed by atoms with Gasteiger partial charge in [-0.15, -0.1) is 0 Å². The lowest BCUT2D eigenvalue weighted by molar-refractivity contribution is -0.0501. The normalized spacial score (nSPS) is 11.0. The molecule has 1 amide bonds. The topological polar surface area (TPSA) is 56.2 Å². The summed E-state index contributed by atoms with van der Waals surface area (Å²) in [4.78, 5) is 16.8. The molecule has 0 unspecified atom stereocenters. The molecule has 7 heteroatoms. The van der Waals surface area contributed by atoms with Gasteiger partial charge in [-0.25, -0.2) is 4.98 Å². The fourth-order valence-corrected chi connectivity index (χ4v) is 2.92. The van der Waals surface area contributed by atoms with Gasteiger partial charge in [-0.3, -0.25) is 9.36 Å². The lowest BCUT2D eigenvalue weighted by Gasteiger charge is -2.11. The Balaban J connectivity index is 1.55. The number of nitrogens with zero attached hydrogens (tertiary/aromatic N) is 2. The molecule has 0 atom stereocenters. The number of para-hydroxylation sites is 3. The molecule has 0 fully saturated rings. The summed E-state index contributed by atoms with van der Waals surface area (Å²) >= 11 is 0. The standard InChI is InChI=1S/C21H15F2N3O2/c22-21(23)28-19-8-4-1-5-16(19)20(27)25-14-9-11-15(12-10-14)26-13-24-17-6-2-3-7-18(17)26/h1-13,21H,(H,25,27). The van der Waals surface area contributed by atoms with E-state index in [2.05, 4.69) is 15.0 Å². The van der Waals surface area contributed by atoms with Gasteiger partial charge in [0.15, 0.2) is 0 Å². The maximum Gasteiger partial charge on any atom is 0.387 e. The van der Waals surface area contributed by atoms with Gasteiger partial charge in [-0.2, -0.15) is 8.78 Å². The van der Waals surface area contributed by atoms with Crippen LogP contribution in [0.15, 0.2) is 79.1 Å². The van der Waals surface area contributed by atoms with Gasteiger partial charge >= 0.3 is 6.61 Å². The molecule has 0 aliphatic carbocycles. The quantitative estimate of drug-likeness (QED) is 0.538. The number of rotatable bonds is 5. The molecule has 5 nitrogen and oxygen atoms in total. The number of nitrogens with one attached hydrogen (secondary N) is 1. The van der Waals surface area contributed by atoms with E-state index in [0.717, 1.165) is 16.7 Å². The van der Waals surface area contributed by atoms with Gasteiger partial charge in [0.25, 0.3) is 5.91 Å². The second kappa shape index (κ2) is 7.48. The molecule has 0 bridgehead atoms. The van der Waals surface area contributed by atoms with Crippen molar-refractivity contribution in [2.24, 2.45) is 0 Å². The summed E-state index contributed by atoms with van der Waals surface area (Å²) < 4.78 is 31.4. The average molecular weight is 379 g/mol. The van der Waals surface area contributed by atoms with E-state index in [9.17, 15) is 13.6 Å². The van der Waals surface area contributed by atoms with Crippen molar-refractivity contribution in [1.82, 2.24) is 9.55 Å². The van der Waals surface area contributed by atoms with Crippen LogP contribution in [-0.4, -0.2) is 22.1 Å². The van der Waals surface area contributed by atoms with Crippen LogP contribution in [-0.2, 0) is 0 Å². The Bertz CT molecular complexity index is 1120. The first-order valence-corrected chi connectivity index (χ1v) is 8.49. The zero-order valence-corrected chi connectivity index (χ0v) is 14.5. The molecule has 0 spiro atoms. The van der Waals surface area contributed by atoms with Crippen LogP contribution in [0.5, 0.6) is 5.75 Å². The third-order valence-electron chi connectivity index (χ3n) is 4.20. The van der Waals surface area contributed by atoms with E-state index in [-0.39, 0.29) is 11.3 Å². The second-order valence-corrected chi connectivity index (χ2v) is 5.98. The average Bonchev–Trinajstić information content (AvgIpc) is 3.13. The molecule has 4 rings (SSSR count). The molecule has 0 saturated heterocycles. The van der Waals surface area contributed by atoms with E-state index < -0.39 is 12.5 Å². The Morgan fingerprint density at radius 1 is 0.964 bits per heavy atom. The van der Waals surface area contributed by atoms with Crippen LogP contribution in [0.25, 0.3) is 16.7 Å². The molecule has 0 saturated carbocycles. The molecule has 1 aromatic heterocycles. The van der Waals surface area contributed by atoms with Crippen LogP contribution in [0.4, 0.5) is 14.5 Å². The van der Waals surface area contributed by atoms with Crippen LogP contribution in [0.1, 0.15) is 10.4 Å². The molecule has 3 aromatic carbocycles. The molecule has 0 aliphatic rings. The van der Waals surface area contributed by atoms with Crippen LogP contribution in [0, 0.1) is 0 Å². The minimum Gasteiger partial charge on any atom is -0.434 e. The van der Waals surface area contributed by atoms with E-state index in [0.29, 0.717) is 5.69 Å². The number of ether oxygens (including phenoxy) is 1. The summed E-state index contributed by atoms with van der Waals surface area (Å²) in [5, 5.41) is 2.69. The first-order chi connectivity index (χ1) is 13.6. The number of hydrogen-bond acceptors (Lipinski definition) is 3. The van der Waals surface area contributed by atoms with Gasteiger partial charge in [-0.1, -0.05) is 24.3 Å². The SMILES string of the molecule is O=C(Nc1ccc(-n2cnc3ccccc32)cc1)c1ccccc1OC(F)F. The van der Waals surface area contributed by atoms with Crippen molar-refractivity contribution in [3.05, 3.63) is 84.7 Å². The van der Waals surface area contributed by atoms with E-state index in [1.54, 1.807) is 24.5 Å². The highest BCUT2D eigenvalue weighted by Gasteiger charge is 2.15. The Morgan fingerprint density at radius 2 is 1.68 bits per heavy atom. The first-order valence-electron chi connectivity index (χ1n) is 8.49. The summed E-state index contributed by atoms with van der Waals surface area (Å²) in [5.74, 6) is -0.700. The van der Waals surface area contributed by atoms with Crippen molar-refractivity contribution in [3.8, 4) is 11.4 Å². The van der Waals surface area contributed by atoms with Crippen LogP contribution in [0.3, 0.4) is 0 Å². The summed E-state index contributed by atoms with van der Waals surface area (Å²) in [6, 6.07) is 20.8. The number of anilines is 1. The monoisotopic (exact) mass is 379 g/mol. The molecule has 140 valence electrons. The number of alkyl halides is 2. The van der Waals surface area contributed by atoms with Crippen molar-refractivity contribution in [2.45, 2.75) is 6.61 Å². The van der Waals surface area contributed by atoms with Crippen molar-refractivity contribution in [1.29, 1.82) is 0 Å². The molecule has 1 N–H and O–H groups in total. The third kappa shape index (κ3) is 3.55. The molecule has 4 aromatic rings. The number of amides is 1. The summed E-state index contributed by atoms with van der Waals surface area (Å²) in [6.07, 6.45) is 1.73. The van der Waals surface area contributed by atoms with E-state index in [1.165, 1.54) is 18.2 Å². The number of fused-ring (bicyclic) bond motifs is 1. The van der Waals surface area contributed by atoms with Gasteiger partial charge in [0.2, 0.25) is 0 Å². The largest absolute Gasteiger partial charge is 0.434 e. The maximum atomic E-state index is 12.5. The number of hydrogen-bond donors (Lipinski definition) is 1. The van der Waals surface area contributed by atoms with E-state index in [4.69, 9.17) is 0 Å². The molecular weight excluding hydrogens is 364 g/mol. The fourth-order valence-electron chi connectivity index (χ4n) is 2.92. The lowest BCUT2D eigenvalue weighted by Crippen LogP contribution is -2.15. The Morgan fingerprint density at radius 3 is 2.46 bits per heavy atom. The van der Waals surface area contributed by atoms with E-state index >= 15 is 0 Å². The predicted octanol–water partition coefficient (Wildman–Crippen LogP) is 4.88. The Hall–Kier alpha value is -3.74. The molecular formula is C21H15F2N3O2. The third-order valence-corrected chi connectivity index (χ3v) is 4.20. The van der Waals surface area contributed by atoms with Crippen LogP contribution >= 0.6 is 0 Å². The minimum absolute atomic E-state index is 0.0347. The first kappa shape index (κ1) is 17.7. The Kier molecular flexibility index (Phi) is 4.72. The number of halogens is 2. The van der Waals surface area contributed by atoms with Crippen molar-refractivity contribution < 1.29 is 18.3 Å². The molecule has 0 radical (unpaired) electrons.